The van der Waals surface area contributed by atoms with Crippen LogP contribution in [0.1, 0.15) is 15.9 Å². The molecule has 0 fully saturated rings. The van der Waals surface area contributed by atoms with Crippen LogP contribution in [0.15, 0.2) is 65.7 Å². The van der Waals surface area contributed by atoms with E-state index in [2.05, 4.69) is 15.0 Å². The Morgan fingerprint density at radius 1 is 1.10 bits per heavy atom. The molecule has 1 aromatic heterocycles. The Morgan fingerprint density at radius 2 is 1.90 bits per heavy atom. The zero-order valence-electron chi connectivity index (χ0n) is 15.7. The Labute approximate surface area is 184 Å². The van der Waals surface area contributed by atoms with E-state index in [1.165, 1.54) is 37.4 Å². The minimum atomic E-state index is -3.99. The average molecular weight is 466 g/mol. The predicted octanol–water partition coefficient (Wildman–Crippen LogP) is 4.13. The van der Waals surface area contributed by atoms with Crippen molar-refractivity contribution >= 4 is 44.8 Å². The lowest BCUT2D eigenvalue weighted by Gasteiger charge is -2.11. The van der Waals surface area contributed by atoms with Gasteiger partial charge in [0.2, 0.25) is 5.88 Å². The lowest BCUT2D eigenvalue weighted by atomic mass is 10.2. The second-order valence-corrected chi connectivity index (χ2v) is 8.64. The molecule has 10 heteroatoms. The Morgan fingerprint density at radius 3 is 2.67 bits per heavy atom. The molecule has 1 heterocycles. The zero-order chi connectivity index (χ0) is 21.7. The Bertz CT molecular complexity index is 1190. The zero-order valence-corrected chi connectivity index (χ0v) is 18.1. The normalized spacial score (nSPS) is 11.0. The van der Waals surface area contributed by atoms with Gasteiger partial charge < -0.3 is 10.1 Å². The number of amides is 1. The molecule has 7 nitrogen and oxygen atoms in total. The molecule has 1 amide bonds. The van der Waals surface area contributed by atoms with Gasteiger partial charge in [0, 0.05) is 35.1 Å². The van der Waals surface area contributed by atoms with Crippen LogP contribution in [-0.4, -0.2) is 26.4 Å². The third-order valence-electron chi connectivity index (χ3n) is 4.02. The number of anilines is 1. The Kier molecular flexibility index (Phi) is 6.81. The number of carbonyl (C=O) groups is 1. The van der Waals surface area contributed by atoms with Gasteiger partial charge in [-0.3, -0.25) is 9.52 Å². The number of nitrogens with zero attached hydrogens (tertiary/aromatic N) is 1. The van der Waals surface area contributed by atoms with Crippen LogP contribution in [0.25, 0.3) is 0 Å². The van der Waals surface area contributed by atoms with E-state index in [0.29, 0.717) is 5.88 Å². The third-order valence-corrected chi connectivity index (χ3v) is 6.12. The van der Waals surface area contributed by atoms with Gasteiger partial charge in [-0.05, 0) is 48.0 Å². The van der Waals surface area contributed by atoms with E-state index in [9.17, 15) is 13.2 Å². The van der Waals surface area contributed by atoms with Gasteiger partial charge >= 0.3 is 0 Å². The van der Waals surface area contributed by atoms with E-state index in [-0.39, 0.29) is 38.6 Å². The smallest absolute Gasteiger partial charge is 0.263 e. The summed E-state index contributed by atoms with van der Waals surface area (Å²) in [4.78, 5) is 16.3. The molecule has 0 aliphatic carbocycles. The van der Waals surface area contributed by atoms with Crippen molar-refractivity contribution < 1.29 is 17.9 Å². The van der Waals surface area contributed by atoms with Crippen LogP contribution in [0, 0.1) is 0 Å². The largest absolute Gasteiger partial charge is 0.481 e. The number of hydrogen-bond acceptors (Lipinski definition) is 5. The number of ether oxygens (including phenoxy) is 1. The third kappa shape index (κ3) is 5.41. The van der Waals surface area contributed by atoms with Gasteiger partial charge in [0.15, 0.2) is 0 Å². The summed E-state index contributed by atoms with van der Waals surface area (Å²) in [6.45, 7) is 0.256. The van der Waals surface area contributed by atoms with Crippen LogP contribution < -0.4 is 14.8 Å². The highest BCUT2D eigenvalue weighted by atomic mass is 35.5. The van der Waals surface area contributed by atoms with Gasteiger partial charge in [-0.25, -0.2) is 13.4 Å². The topological polar surface area (TPSA) is 97.4 Å². The van der Waals surface area contributed by atoms with Crippen molar-refractivity contribution in [1.82, 2.24) is 10.3 Å². The molecule has 156 valence electrons. The summed E-state index contributed by atoms with van der Waals surface area (Å²) < 4.78 is 32.8. The van der Waals surface area contributed by atoms with Crippen molar-refractivity contribution in [3.8, 4) is 5.88 Å². The lowest BCUT2D eigenvalue weighted by Crippen LogP contribution is -2.23. The van der Waals surface area contributed by atoms with Gasteiger partial charge in [-0.1, -0.05) is 29.3 Å². The molecule has 0 atom stereocenters. The molecule has 0 aliphatic heterocycles. The first kappa shape index (κ1) is 21.9. The Hall–Kier alpha value is -2.81. The fourth-order valence-electron chi connectivity index (χ4n) is 2.57. The second kappa shape index (κ2) is 9.34. The molecule has 30 heavy (non-hydrogen) atoms. The molecule has 2 aromatic carbocycles. The highest BCUT2D eigenvalue weighted by Crippen LogP contribution is 2.27. The summed E-state index contributed by atoms with van der Waals surface area (Å²) in [5.74, 6) is 0.0745. The first-order chi connectivity index (χ1) is 14.3. The molecular formula is C20H17Cl2N3O4S. The molecule has 0 spiro atoms. The first-order valence-corrected chi connectivity index (χ1v) is 10.9. The summed E-state index contributed by atoms with van der Waals surface area (Å²) in [6, 6.07) is 13.7. The summed E-state index contributed by atoms with van der Waals surface area (Å²) in [5, 5.41) is 3.04. The number of hydrogen-bond donors (Lipinski definition) is 2. The minimum Gasteiger partial charge on any atom is -0.481 e. The highest BCUT2D eigenvalue weighted by molar-refractivity contribution is 7.92. The van der Waals surface area contributed by atoms with Crippen LogP contribution in [0.5, 0.6) is 5.88 Å². The summed E-state index contributed by atoms with van der Waals surface area (Å²) >= 11 is 11.9. The molecule has 3 rings (SSSR count). The van der Waals surface area contributed by atoms with Crippen molar-refractivity contribution in [1.29, 1.82) is 0 Å². The van der Waals surface area contributed by atoms with Crippen LogP contribution in [0.3, 0.4) is 0 Å². The van der Waals surface area contributed by atoms with Gasteiger partial charge in [0.05, 0.1) is 12.1 Å². The molecule has 0 saturated heterocycles. The average Bonchev–Trinajstić information content (AvgIpc) is 2.73. The van der Waals surface area contributed by atoms with E-state index in [0.717, 1.165) is 5.56 Å². The molecule has 0 aliphatic rings. The van der Waals surface area contributed by atoms with E-state index in [4.69, 9.17) is 27.9 Å². The number of carbonyl (C=O) groups excluding carboxylic acids is 1. The number of methoxy groups -OCH3 is 1. The van der Waals surface area contributed by atoms with Crippen LogP contribution in [-0.2, 0) is 16.6 Å². The highest BCUT2D eigenvalue weighted by Gasteiger charge is 2.19. The monoisotopic (exact) mass is 465 g/mol. The number of sulfonamides is 1. The van der Waals surface area contributed by atoms with E-state index < -0.39 is 10.0 Å². The minimum absolute atomic E-state index is 0.0357. The maximum Gasteiger partial charge on any atom is 0.263 e. The summed E-state index contributed by atoms with van der Waals surface area (Å²) in [5.41, 5.74) is 1.31. The van der Waals surface area contributed by atoms with Gasteiger partial charge in [-0.2, -0.15) is 0 Å². The van der Waals surface area contributed by atoms with Crippen LogP contribution in [0.4, 0.5) is 5.69 Å². The number of aromatic nitrogens is 1. The summed E-state index contributed by atoms with van der Waals surface area (Å²) in [7, 11) is -2.48. The fraction of sp³-hybridized carbons (Fsp3) is 0.100. The SMILES string of the molecule is COc1cc(CNC(=O)c2cccc(NS(=O)(=O)c3cc(Cl)ccc3Cl)c2)ccn1. The number of halogens is 2. The number of rotatable bonds is 7. The lowest BCUT2D eigenvalue weighted by molar-refractivity contribution is 0.0951. The van der Waals surface area contributed by atoms with Crippen molar-refractivity contribution in [2.24, 2.45) is 0 Å². The molecule has 2 N–H and O–H groups in total. The predicted molar refractivity (Wildman–Crippen MR) is 116 cm³/mol. The van der Waals surface area contributed by atoms with E-state index in [1.807, 2.05) is 0 Å². The van der Waals surface area contributed by atoms with Gasteiger partial charge in [0.25, 0.3) is 15.9 Å². The van der Waals surface area contributed by atoms with E-state index in [1.54, 1.807) is 30.5 Å². The molecule has 0 unspecified atom stereocenters. The molecule has 0 bridgehead atoms. The number of nitrogens with one attached hydrogen (secondary N) is 2. The molecule has 3 aromatic rings. The number of benzene rings is 2. The van der Waals surface area contributed by atoms with Gasteiger partial charge in [-0.15, -0.1) is 0 Å². The summed E-state index contributed by atoms with van der Waals surface area (Å²) in [6.07, 6.45) is 1.58. The van der Waals surface area contributed by atoms with Crippen molar-refractivity contribution in [2.75, 3.05) is 11.8 Å². The quantitative estimate of drug-likeness (QED) is 0.546. The maximum atomic E-state index is 12.7. The molecular weight excluding hydrogens is 449 g/mol. The second-order valence-electron chi connectivity index (χ2n) is 6.15. The Balaban J connectivity index is 1.73. The van der Waals surface area contributed by atoms with Crippen LogP contribution >= 0.6 is 23.2 Å². The molecule has 0 radical (unpaired) electrons. The molecule has 0 saturated carbocycles. The van der Waals surface area contributed by atoms with Crippen LogP contribution in [0.2, 0.25) is 10.0 Å². The number of pyridine rings is 1. The standard InChI is InChI=1S/C20H17Cl2N3O4S/c1-29-19-9-13(7-8-23-19)12-24-20(26)14-3-2-4-16(10-14)25-30(27,28)18-11-15(21)5-6-17(18)22/h2-11,25H,12H2,1H3,(H,24,26). The van der Waals surface area contributed by atoms with E-state index >= 15 is 0 Å². The van der Waals surface area contributed by atoms with Crippen molar-refractivity contribution in [3.63, 3.8) is 0 Å². The van der Waals surface area contributed by atoms with Gasteiger partial charge in [0.1, 0.15) is 4.90 Å². The first-order valence-electron chi connectivity index (χ1n) is 8.63. The maximum absolute atomic E-state index is 12.7. The fourth-order valence-corrected chi connectivity index (χ4v) is 4.39. The van der Waals surface area contributed by atoms with Crippen molar-refractivity contribution in [3.05, 3.63) is 82.0 Å². The van der Waals surface area contributed by atoms with Crippen molar-refractivity contribution in [2.45, 2.75) is 11.4 Å².